The van der Waals surface area contributed by atoms with Gasteiger partial charge in [0.15, 0.2) is 0 Å². The average molecular weight is 205 g/mol. The van der Waals surface area contributed by atoms with Gasteiger partial charge in [-0.3, -0.25) is 4.79 Å². The van der Waals surface area contributed by atoms with Crippen molar-refractivity contribution in [3.05, 3.63) is 27.1 Å². The summed E-state index contributed by atoms with van der Waals surface area (Å²) >= 11 is 3.09. The van der Waals surface area contributed by atoms with Crippen LogP contribution in [0.3, 0.4) is 0 Å². The lowest BCUT2D eigenvalue weighted by Gasteiger charge is -1.98. The first-order chi connectivity index (χ1) is 4.74. The minimum absolute atomic E-state index is 0.295. The molecule has 4 nitrogen and oxygen atoms in total. The molecular formula is C5H5BrN2O2. The standard InChI is InChI=1S/C5H5BrN2O2/c1-10-8-5(9)2-4(6)3-7-8/h2-3H,1H3. The van der Waals surface area contributed by atoms with Gasteiger partial charge in [-0.05, 0) is 15.9 Å². The predicted octanol–water partition coefficient (Wildman–Crippen LogP) is 0.0642. The Morgan fingerprint density at radius 3 is 3.00 bits per heavy atom. The fourth-order valence-corrected chi connectivity index (χ4v) is 0.799. The Hall–Kier alpha value is -0.840. The molecule has 0 bridgehead atoms. The van der Waals surface area contributed by atoms with E-state index < -0.39 is 0 Å². The highest BCUT2D eigenvalue weighted by molar-refractivity contribution is 9.10. The smallest absolute Gasteiger partial charge is 0.304 e. The van der Waals surface area contributed by atoms with Crippen LogP contribution in [0.4, 0.5) is 0 Å². The molecule has 0 amide bonds. The second-order valence-corrected chi connectivity index (χ2v) is 2.48. The molecule has 0 saturated carbocycles. The summed E-state index contributed by atoms with van der Waals surface area (Å²) in [6.45, 7) is 0. The first kappa shape index (κ1) is 7.27. The molecule has 0 aliphatic carbocycles. The Morgan fingerprint density at radius 2 is 2.50 bits per heavy atom. The van der Waals surface area contributed by atoms with Crippen molar-refractivity contribution in [2.24, 2.45) is 0 Å². The zero-order valence-electron chi connectivity index (χ0n) is 5.24. The quantitative estimate of drug-likeness (QED) is 0.651. The number of halogens is 1. The van der Waals surface area contributed by atoms with Gasteiger partial charge in [0.2, 0.25) is 0 Å². The van der Waals surface area contributed by atoms with Crippen molar-refractivity contribution in [3.63, 3.8) is 0 Å². The second-order valence-electron chi connectivity index (χ2n) is 1.57. The molecule has 0 N–H and O–H groups in total. The molecule has 0 aliphatic heterocycles. The van der Waals surface area contributed by atoms with Crippen LogP contribution in [0.1, 0.15) is 0 Å². The normalized spacial score (nSPS) is 9.40. The minimum atomic E-state index is -0.295. The van der Waals surface area contributed by atoms with E-state index in [0.717, 1.165) is 4.85 Å². The van der Waals surface area contributed by atoms with Gasteiger partial charge in [-0.1, -0.05) is 4.85 Å². The van der Waals surface area contributed by atoms with E-state index in [9.17, 15) is 4.79 Å². The van der Waals surface area contributed by atoms with Crippen LogP contribution in [0.15, 0.2) is 21.5 Å². The molecule has 5 heteroatoms. The molecule has 0 fully saturated rings. The third kappa shape index (κ3) is 1.36. The lowest BCUT2D eigenvalue weighted by atomic mass is 10.6. The fourth-order valence-electron chi connectivity index (χ4n) is 0.512. The van der Waals surface area contributed by atoms with Crippen molar-refractivity contribution in [2.45, 2.75) is 0 Å². The van der Waals surface area contributed by atoms with Crippen molar-refractivity contribution in [2.75, 3.05) is 7.11 Å². The third-order valence-corrected chi connectivity index (χ3v) is 1.34. The van der Waals surface area contributed by atoms with Crippen LogP contribution in [0, 0.1) is 0 Å². The lowest BCUT2D eigenvalue weighted by Crippen LogP contribution is -2.26. The average Bonchev–Trinajstić information content (AvgIpc) is 1.88. The number of hydrogen-bond acceptors (Lipinski definition) is 3. The maximum Gasteiger partial charge on any atom is 0.304 e. The highest BCUT2D eigenvalue weighted by Gasteiger charge is 1.94. The van der Waals surface area contributed by atoms with Crippen molar-refractivity contribution in [1.82, 2.24) is 9.94 Å². The van der Waals surface area contributed by atoms with E-state index in [-0.39, 0.29) is 5.56 Å². The van der Waals surface area contributed by atoms with Crippen LogP contribution in [0.2, 0.25) is 0 Å². The molecule has 1 rings (SSSR count). The van der Waals surface area contributed by atoms with Crippen LogP contribution in [0.5, 0.6) is 0 Å². The minimum Gasteiger partial charge on any atom is -0.397 e. The van der Waals surface area contributed by atoms with Gasteiger partial charge >= 0.3 is 5.56 Å². The SMILES string of the molecule is COn1ncc(Br)cc1=O. The molecule has 0 unspecified atom stereocenters. The van der Waals surface area contributed by atoms with Crippen molar-refractivity contribution >= 4 is 15.9 Å². The maximum absolute atomic E-state index is 10.8. The topological polar surface area (TPSA) is 44.1 Å². The molecule has 1 aromatic heterocycles. The summed E-state index contributed by atoms with van der Waals surface area (Å²) < 4.78 is 0.644. The Kier molecular flexibility index (Phi) is 2.06. The number of hydrogen-bond donors (Lipinski definition) is 0. The van der Waals surface area contributed by atoms with Gasteiger partial charge in [0.05, 0.1) is 6.20 Å². The van der Waals surface area contributed by atoms with Gasteiger partial charge < -0.3 is 4.84 Å². The first-order valence-corrected chi connectivity index (χ1v) is 3.32. The Labute approximate surface area is 65.5 Å². The van der Waals surface area contributed by atoms with Crippen LogP contribution in [-0.2, 0) is 0 Å². The van der Waals surface area contributed by atoms with Crippen molar-refractivity contribution < 1.29 is 4.84 Å². The van der Waals surface area contributed by atoms with E-state index in [1.54, 1.807) is 0 Å². The molecule has 10 heavy (non-hydrogen) atoms. The molecule has 0 spiro atoms. The summed E-state index contributed by atoms with van der Waals surface area (Å²) in [6, 6.07) is 1.37. The molecule has 1 aromatic rings. The van der Waals surface area contributed by atoms with Crippen molar-refractivity contribution in [3.8, 4) is 0 Å². The van der Waals surface area contributed by atoms with E-state index in [4.69, 9.17) is 0 Å². The van der Waals surface area contributed by atoms with Crippen molar-refractivity contribution in [1.29, 1.82) is 0 Å². The Morgan fingerprint density at radius 1 is 1.80 bits per heavy atom. The molecule has 0 saturated heterocycles. The molecule has 0 aromatic carbocycles. The predicted molar refractivity (Wildman–Crippen MR) is 38.7 cm³/mol. The lowest BCUT2D eigenvalue weighted by molar-refractivity contribution is 0.120. The van der Waals surface area contributed by atoms with Gasteiger partial charge in [0.1, 0.15) is 7.11 Å². The molecule has 0 radical (unpaired) electrons. The third-order valence-electron chi connectivity index (χ3n) is 0.909. The molecular weight excluding hydrogens is 200 g/mol. The zero-order valence-corrected chi connectivity index (χ0v) is 6.83. The highest BCUT2D eigenvalue weighted by Crippen LogP contribution is 2.00. The highest BCUT2D eigenvalue weighted by atomic mass is 79.9. The fraction of sp³-hybridized carbons (Fsp3) is 0.200. The summed E-state index contributed by atoms with van der Waals surface area (Å²) in [4.78, 5) is 16.3. The summed E-state index contributed by atoms with van der Waals surface area (Å²) in [6.07, 6.45) is 1.48. The first-order valence-electron chi connectivity index (χ1n) is 2.53. The van der Waals surface area contributed by atoms with Crippen LogP contribution in [-0.4, -0.2) is 17.1 Å². The molecule has 1 heterocycles. The zero-order chi connectivity index (χ0) is 7.56. The van der Waals surface area contributed by atoms with Gasteiger partial charge in [-0.2, -0.15) is 0 Å². The molecule has 54 valence electrons. The number of nitrogens with zero attached hydrogens (tertiary/aromatic N) is 2. The largest absolute Gasteiger partial charge is 0.397 e. The van der Waals surface area contributed by atoms with Gasteiger partial charge in [0, 0.05) is 10.5 Å². The summed E-state index contributed by atoms with van der Waals surface area (Å²) in [5.74, 6) is 0. The Balaban J connectivity index is 3.20. The van der Waals surface area contributed by atoms with Crippen LogP contribution in [0.25, 0.3) is 0 Å². The summed E-state index contributed by atoms with van der Waals surface area (Å²) in [7, 11) is 1.38. The molecule has 0 aliphatic rings. The van der Waals surface area contributed by atoms with E-state index >= 15 is 0 Å². The summed E-state index contributed by atoms with van der Waals surface area (Å²) in [5.41, 5.74) is -0.295. The number of aromatic nitrogens is 2. The Bertz CT molecular complexity index is 283. The number of rotatable bonds is 1. The van der Waals surface area contributed by atoms with E-state index in [1.165, 1.54) is 19.4 Å². The van der Waals surface area contributed by atoms with Gasteiger partial charge in [-0.25, -0.2) is 0 Å². The van der Waals surface area contributed by atoms with E-state index in [2.05, 4.69) is 25.9 Å². The van der Waals surface area contributed by atoms with Gasteiger partial charge in [0.25, 0.3) is 0 Å². The van der Waals surface area contributed by atoms with Crippen LogP contribution < -0.4 is 10.4 Å². The van der Waals surface area contributed by atoms with Gasteiger partial charge in [-0.15, -0.1) is 5.10 Å². The maximum atomic E-state index is 10.8. The van der Waals surface area contributed by atoms with E-state index in [1.807, 2.05) is 0 Å². The monoisotopic (exact) mass is 204 g/mol. The molecule has 0 atom stereocenters. The second kappa shape index (κ2) is 2.83. The van der Waals surface area contributed by atoms with E-state index in [0.29, 0.717) is 4.47 Å². The van der Waals surface area contributed by atoms with Crippen LogP contribution >= 0.6 is 15.9 Å². The summed E-state index contributed by atoms with van der Waals surface area (Å²) in [5, 5.41) is 3.63.